The molecule has 0 aliphatic carbocycles. The van der Waals surface area contributed by atoms with Crippen LogP contribution in [0.4, 0.5) is 11.4 Å². The van der Waals surface area contributed by atoms with Crippen LogP contribution in [0, 0.1) is 0 Å². The van der Waals surface area contributed by atoms with Crippen LogP contribution in [0.1, 0.15) is 31.8 Å². The third kappa shape index (κ3) is 5.05. The molecule has 0 saturated carbocycles. The van der Waals surface area contributed by atoms with Crippen molar-refractivity contribution in [3.63, 3.8) is 0 Å². The highest BCUT2D eigenvalue weighted by molar-refractivity contribution is 7.92. The number of esters is 1. The monoisotopic (exact) mass is 527 g/mol. The molecule has 0 atom stereocenters. The number of sulfonamides is 1. The van der Waals surface area contributed by atoms with Crippen molar-refractivity contribution in [1.82, 2.24) is 0 Å². The van der Waals surface area contributed by atoms with E-state index in [9.17, 15) is 18.0 Å². The summed E-state index contributed by atoms with van der Waals surface area (Å²) in [5, 5.41) is 6.85. The highest BCUT2D eigenvalue weighted by Gasteiger charge is 2.31. The van der Waals surface area contributed by atoms with Crippen molar-refractivity contribution >= 4 is 51.1 Å². The van der Waals surface area contributed by atoms with Gasteiger partial charge >= 0.3 is 5.97 Å². The molecule has 0 spiro atoms. The lowest BCUT2D eigenvalue weighted by atomic mass is 10.1. The predicted molar refractivity (Wildman–Crippen MR) is 136 cm³/mol. The van der Waals surface area contributed by atoms with Gasteiger partial charge in [0.05, 0.1) is 35.2 Å². The molecule has 0 fully saturated rings. The molecule has 1 N–H and O–H groups in total. The summed E-state index contributed by atoms with van der Waals surface area (Å²) >= 11 is 6.04. The van der Waals surface area contributed by atoms with Gasteiger partial charge in [0.2, 0.25) is 0 Å². The van der Waals surface area contributed by atoms with Gasteiger partial charge in [-0.3, -0.25) is 9.10 Å². The summed E-state index contributed by atoms with van der Waals surface area (Å²) in [5.41, 5.74) is 2.35. The van der Waals surface area contributed by atoms with Crippen molar-refractivity contribution in [2.24, 2.45) is 5.16 Å². The number of methoxy groups -OCH3 is 1. The minimum atomic E-state index is -3.92. The van der Waals surface area contributed by atoms with Gasteiger partial charge < -0.3 is 14.9 Å². The van der Waals surface area contributed by atoms with Crippen LogP contribution in [-0.4, -0.2) is 47.3 Å². The lowest BCUT2D eigenvalue weighted by molar-refractivity contribution is 0.0602. The molecule has 0 saturated heterocycles. The first kappa shape index (κ1) is 25.2. The smallest absolute Gasteiger partial charge is 0.339 e. The normalized spacial score (nSPS) is 12.9. The zero-order chi connectivity index (χ0) is 25.9. The molecule has 36 heavy (non-hydrogen) atoms. The predicted octanol–water partition coefficient (Wildman–Crippen LogP) is 4.11. The van der Waals surface area contributed by atoms with Crippen LogP contribution in [0.3, 0.4) is 0 Å². The summed E-state index contributed by atoms with van der Waals surface area (Å²) in [7, 11) is -1.31. The van der Waals surface area contributed by atoms with Crippen LogP contribution < -0.4 is 9.62 Å². The van der Waals surface area contributed by atoms with Crippen LogP contribution >= 0.6 is 11.6 Å². The average Bonchev–Trinajstić information content (AvgIpc) is 3.31. The van der Waals surface area contributed by atoms with Gasteiger partial charge in [-0.1, -0.05) is 28.9 Å². The van der Waals surface area contributed by atoms with E-state index in [0.29, 0.717) is 22.7 Å². The average molecular weight is 528 g/mol. The van der Waals surface area contributed by atoms with Crippen molar-refractivity contribution in [2.45, 2.75) is 11.3 Å². The first-order valence-corrected chi connectivity index (χ1v) is 12.6. The first-order valence-electron chi connectivity index (χ1n) is 10.8. The SMILES string of the molecule is CON=Cc1ccc(NC(=O)c2cccc(S(=O)(=O)N3CCc4cc(Cl)ccc43)c2)c(C(=O)OC)c1. The molecular formula is C25H22ClN3O6S. The van der Waals surface area contributed by atoms with Crippen LogP contribution in [-0.2, 0) is 26.0 Å². The van der Waals surface area contributed by atoms with E-state index in [-0.39, 0.29) is 28.3 Å². The topological polar surface area (TPSA) is 114 Å². The van der Waals surface area contributed by atoms with E-state index in [1.165, 1.54) is 61.1 Å². The Hall–Kier alpha value is -3.89. The van der Waals surface area contributed by atoms with Gasteiger partial charge in [-0.15, -0.1) is 0 Å². The number of hydrogen-bond acceptors (Lipinski definition) is 7. The van der Waals surface area contributed by atoms with E-state index in [1.54, 1.807) is 24.3 Å². The number of nitrogens with zero attached hydrogens (tertiary/aromatic N) is 2. The molecule has 0 bridgehead atoms. The van der Waals surface area contributed by atoms with Crippen molar-refractivity contribution in [3.05, 3.63) is 87.9 Å². The standard InChI is InChI=1S/C25H22ClN3O6S/c1-34-25(31)21-12-16(15-27-35-2)6-8-22(21)28-24(30)18-4-3-5-20(14-18)36(32,33)29-11-10-17-13-19(26)7-9-23(17)29/h3-9,12-15H,10-11H2,1-2H3,(H,28,30). The quantitative estimate of drug-likeness (QED) is 0.281. The Morgan fingerprint density at radius 1 is 1.08 bits per heavy atom. The van der Waals surface area contributed by atoms with Crippen LogP contribution in [0.25, 0.3) is 0 Å². The van der Waals surface area contributed by atoms with E-state index in [0.717, 1.165) is 5.56 Å². The minimum absolute atomic E-state index is 0.0303. The molecule has 0 radical (unpaired) electrons. The maximum atomic E-state index is 13.4. The van der Waals surface area contributed by atoms with Crippen molar-refractivity contribution in [3.8, 4) is 0 Å². The fourth-order valence-corrected chi connectivity index (χ4v) is 5.60. The molecular weight excluding hydrogens is 506 g/mol. The molecule has 4 rings (SSSR count). The maximum Gasteiger partial charge on any atom is 0.339 e. The molecule has 0 aromatic heterocycles. The number of hydrogen-bond donors (Lipinski definition) is 1. The van der Waals surface area contributed by atoms with E-state index in [2.05, 4.69) is 15.3 Å². The van der Waals surface area contributed by atoms with Crippen molar-refractivity contribution < 1.29 is 27.6 Å². The number of carbonyl (C=O) groups is 2. The fraction of sp³-hybridized carbons (Fsp3) is 0.160. The second kappa shape index (κ2) is 10.4. The van der Waals surface area contributed by atoms with Crippen molar-refractivity contribution in [2.75, 3.05) is 30.4 Å². The van der Waals surface area contributed by atoms with Gasteiger partial charge in [-0.05, 0) is 66.1 Å². The zero-order valence-electron chi connectivity index (χ0n) is 19.4. The highest BCUT2D eigenvalue weighted by Crippen LogP contribution is 2.34. The number of halogens is 1. The largest absolute Gasteiger partial charge is 0.465 e. The summed E-state index contributed by atoms with van der Waals surface area (Å²) in [6.07, 6.45) is 1.94. The number of rotatable bonds is 7. The van der Waals surface area contributed by atoms with Crippen LogP contribution in [0.2, 0.25) is 5.02 Å². The highest BCUT2D eigenvalue weighted by atomic mass is 35.5. The molecule has 186 valence electrons. The van der Waals surface area contributed by atoms with E-state index >= 15 is 0 Å². The van der Waals surface area contributed by atoms with E-state index in [1.807, 2.05) is 0 Å². The lowest BCUT2D eigenvalue weighted by Gasteiger charge is -2.20. The molecule has 1 heterocycles. The summed E-state index contributed by atoms with van der Waals surface area (Å²) in [4.78, 5) is 29.9. The van der Waals surface area contributed by atoms with Gasteiger partial charge in [0.15, 0.2) is 0 Å². The Labute approximate surface area is 213 Å². The van der Waals surface area contributed by atoms with Crippen molar-refractivity contribution in [1.29, 1.82) is 0 Å². The Kier molecular flexibility index (Phi) is 7.27. The summed E-state index contributed by atoms with van der Waals surface area (Å²) in [5.74, 6) is -1.26. The Bertz CT molecular complexity index is 1470. The molecule has 1 amide bonds. The number of carbonyl (C=O) groups excluding carboxylic acids is 2. The van der Waals surface area contributed by atoms with E-state index in [4.69, 9.17) is 16.3 Å². The van der Waals surface area contributed by atoms with Crippen LogP contribution in [0.5, 0.6) is 0 Å². The number of benzene rings is 3. The molecule has 1 aliphatic heterocycles. The fourth-order valence-electron chi connectivity index (χ4n) is 3.85. The van der Waals surface area contributed by atoms with E-state index < -0.39 is 21.9 Å². The van der Waals surface area contributed by atoms with Gasteiger partial charge in [0.1, 0.15) is 7.11 Å². The maximum absolute atomic E-state index is 13.4. The van der Waals surface area contributed by atoms with Gasteiger partial charge in [0.25, 0.3) is 15.9 Å². The van der Waals surface area contributed by atoms with Gasteiger partial charge in [-0.2, -0.15) is 0 Å². The number of amides is 1. The van der Waals surface area contributed by atoms with Gasteiger partial charge in [-0.25, -0.2) is 13.2 Å². The summed E-state index contributed by atoms with van der Waals surface area (Å²) in [6.45, 7) is 0.273. The molecule has 9 nitrogen and oxygen atoms in total. The molecule has 0 unspecified atom stereocenters. The Morgan fingerprint density at radius 2 is 1.89 bits per heavy atom. The first-order chi connectivity index (χ1) is 17.2. The molecule has 11 heteroatoms. The number of nitrogens with one attached hydrogen (secondary N) is 1. The van der Waals surface area contributed by atoms with Gasteiger partial charge in [0, 0.05) is 17.1 Å². The second-order valence-electron chi connectivity index (χ2n) is 7.80. The molecule has 1 aliphatic rings. The minimum Gasteiger partial charge on any atom is -0.465 e. The second-order valence-corrected chi connectivity index (χ2v) is 10.1. The number of ether oxygens (including phenoxy) is 1. The number of oxime groups is 1. The third-order valence-electron chi connectivity index (χ3n) is 5.58. The van der Waals surface area contributed by atoms with Crippen LogP contribution in [0.15, 0.2) is 70.7 Å². The lowest BCUT2D eigenvalue weighted by Crippen LogP contribution is -2.29. The zero-order valence-corrected chi connectivity index (χ0v) is 21.0. The number of anilines is 2. The molecule has 3 aromatic carbocycles. The number of fused-ring (bicyclic) bond motifs is 1. The Balaban J connectivity index is 1.62. The Morgan fingerprint density at radius 3 is 2.64 bits per heavy atom. The summed E-state index contributed by atoms with van der Waals surface area (Å²) in [6, 6.07) is 15.4. The summed E-state index contributed by atoms with van der Waals surface area (Å²) < 4.78 is 32.9. The third-order valence-corrected chi connectivity index (χ3v) is 7.63. The molecule has 3 aromatic rings.